The van der Waals surface area contributed by atoms with Crippen molar-refractivity contribution in [3.8, 4) is 0 Å². The van der Waals surface area contributed by atoms with Gasteiger partial charge in [-0.1, -0.05) is 42.5 Å². The molecule has 4 aromatic rings. The summed E-state index contributed by atoms with van der Waals surface area (Å²) in [6.45, 7) is 0. The Balaban J connectivity index is 1.32. The van der Waals surface area contributed by atoms with E-state index >= 15 is 0 Å². The van der Waals surface area contributed by atoms with Gasteiger partial charge in [0.25, 0.3) is 0 Å². The number of hydrogen-bond acceptors (Lipinski definition) is 5. The van der Waals surface area contributed by atoms with Gasteiger partial charge in [0.15, 0.2) is 5.13 Å². The maximum atomic E-state index is 12.2. The van der Waals surface area contributed by atoms with Crippen molar-refractivity contribution in [3.63, 3.8) is 0 Å². The average molecular weight is 380 g/mol. The zero-order valence-corrected chi connectivity index (χ0v) is 15.6. The number of carbonyl (C=O) groups excluding carboxylic acids is 1. The lowest BCUT2D eigenvalue weighted by Gasteiger charge is -2.00. The van der Waals surface area contributed by atoms with Gasteiger partial charge < -0.3 is 5.32 Å². The van der Waals surface area contributed by atoms with Crippen LogP contribution in [0, 0.1) is 0 Å². The van der Waals surface area contributed by atoms with Gasteiger partial charge in [-0.2, -0.15) is 0 Å². The summed E-state index contributed by atoms with van der Waals surface area (Å²) in [4.78, 5) is 22.2. The van der Waals surface area contributed by atoms with Gasteiger partial charge in [-0.25, -0.2) is 9.97 Å². The van der Waals surface area contributed by atoms with Gasteiger partial charge in [0, 0.05) is 30.3 Å². The van der Waals surface area contributed by atoms with Crippen LogP contribution in [0.4, 0.5) is 5.13 Å². The minimum Gasteiger partial charge on any atom is -0.302 e. The number of amides is 1. The van der Waals surface area contributed by atoms with Crippen LogP contribution in [0.5, 0.6) is 0 Å². The van der Waals surface area contributed by atoms with Crippen LogP contribution < -0.4 is 5.32 Å². The summed E-state index contributed by atoms with van der Waals surface area (Å²) in [7, 11) is 0. The summed E-state index contributed by atoms with van der Waals surface area (Å²) in [5.74, 6) is -0.0233. The summed E-state index contributed by atoms with van der Waals surface area (Å²) < 4.78 is 1.16. The first-order chi connectivity index (χ1) is 12.8. The van der Waals surface area contributed by atoms with Crippen LogP contribution in [-0.2, 0) is 17.6 Å². The van der Waals surface area contributed by atoms with E-state index in [0.29, 0.717) is 18.0 Å². The van der Waals surface area contributed by atoms with Gasteiger partial charge in [-0.3, -0.25) is 4.79 Å². The van der Waals surface area contributed by atoms with Crippen LogP contribution in [0.1, 0.15) is 21.9 Å². The first kappa shape index (κ1) is 16.9. The second kappa shape index (κ2) is 7.76. The molecule has 4 nitrogen and oxygen atoms in total. The molecule has 0 atom stereocenters. The number of fused-ring (bicyclic) bond motifs is 1. The van der Waals surface area contributed by atoms with Crippen molar-refractivity contribution in [2.24, 2.45) is 0 Å². The van der Waals surface area contributed by atoms with Crippen LogP contribution in [0.15, 0.2) is 60.8 Å². The topological polar surface area (TPSA) is 54.9 Å². The summed E-state index contributed by atoms with van der Waals surface area (Å²) in [6.07, 6.45) is 3.72. The zero-order valence-electron chi connectivity index (χ0n) is 14.0. The number of carbonyl (C=O) groups is 1. The second-order valence-electron chi connectivity index (χ2n) is 5.92. The van der Waals surface area contributed by atoms with E-state index in [2.05, 4.69) is 33.5 Å². The molecule has 26 heavy (non-hydrogen) atoms. The molecule has 0 fully saturated rings. The van der Waals surface area contributed by atoms with Gasteiger partial charge in [-0.05, 0) is 17.7 Å². The lowest BCUT2D eigenvalue weighted by molar-refractivity contribution is -0.116. The number of para-hydroxylation sites is 1. The fraction of sp³-hybridized carbons (Fsp3) is 0.150. The molecular weight excluding hydrogens is 362 g/mol. The van der Waals surface area contributed by atoms with E-state index in [-0.39, 0.29) is 5.91 Å². The van der Waals surface area contributed by atoms with Crippen LogP contribution in [-0.4, -0.2) is 15.9 Å². The molecule has 2 aromatic heterocycles. The molecule has 0 aliphatic heterocycles. The highest BCUT2D eigenvalue weighted by atomic mass is 32.1. The van der Waals surface area contributed by atoms with E-state index in [1.54, 1.807) is 11.3 Å². The lowest BCUT2D eigenvalue weighted by atomic mass is 10.1. The largest absolute Gasteiger partial charge is 0.302 e. The molecule has 2 heterocycles. The maximum absolute atomic E-state index is 12.2. The Morgan fingerprint density at radius 1 is 1.00 bits per heavy atom. The van der Waals surface area contributed by atoms with E-state index in [0.717, 1.165) is 26.5 Å². The highest BCUT2D eigenvalue weighted by Crippen LogP contribution is 2.24. The summed E-state index contributed by atoms with van der Waals surface area (Å²) in [5, 5.41) is 4.55. The third kappa shape index (κ3) is 4.15. The zero-order chi connectivity index (χ0) is 17.8. The Hall–Kier alpha value is -2.57. The molecule has 0 aliphatic carbocycles. The molecule has 0 saturated heterocycles. The van der Waals surface area contributed by atoms with Crippen LogP contribution in [0.25, 0.3) is 10.2 Å². The normalized spacial score (nSPS) is 10.9. The van der Waals surface area contributed by atoms with Crippen molar-refractivity contribution >= 4 is 43.9 Å². The molecule has 0 bridgehead atoms. The van der Waals surface area contributed by atoms with Crippen molar-refractivity contribution in [1.29, 1.82) is 0 Å². The third-order valence-electron chi connectivity index (χ3n) is 3.93. The first-order valence-electron chi connectivity index (χ1n) is 8.39. The van der Waals surface area contributed by atoms with Gasteiger partial charge in [0.2, 0.25) is 5.91 Å². The number of aryl methyl sites for hydroxylation is 1. The predicted molar refractivity (Wildman–Crippen MR) is 108 cm³/mol. The molecular formula is C20H17N3OS2. The highest BCUT2D eigenvalue weighted by Gasteiger charge is 2.10. The molecule has 6 heteroatoms. The second-order valence-corrected chi connectivity index (χ2v) is 8.15. The molecule has 0 spiro atoms. The minimum atomic E-state index is -0.0233. The first-order valence-corrected chi connectivity index (χ1v) is 10.0. The number of nitrogens with zero attached hydrogens (tertiary/aromatic N) is 2. The quantitative estimate of drug-likeness (QED) is 0.518. The Kier molecular flexibility index (Phi) is 5.04. The highest BCUT2D eigenvalue weighted by molar-refractivity contribution is 7.18. The molecule has 4 rings (SSSR count). The number of nitrogens with one attached hydrogen (secondary N) is 1. The Labute approximate surface area is 159 Å². The molecule has 0 unspecified atom stereocenters. The van der Waals surface area contributed by atoms with E-state index in [9.17, 15) is 4.79 Å². The molecule has 2 aromatic carbocycles. The average Bonchev–Trinajstić information content (AvgIpc) is 3.27. The Morgan fingerprint density at radius 2 is 1.81 bits per heavy atom. The molecule has 1 amide bonds. The smallest absolute Gasteiger partial charge is 0.226 e. The number of anilines is 1. The summed E-state index contributed by atoms with van der Waals surface area (Å²) in [6, 6.07) is 18.3. The van der Waals surface area contributed by atoms with E-state index in [1.165, 1.54) is 16.9 Å². The molecule has 0 saturated carbocycles. The fourth-order valence-corrected chi connectivity index (χ4v) is 4.50. The third-order valence-corrected chi connectivity index (χ3v) is 5.93. The monoisotopic (exact) mass is 379 g/mol. The summed E-state index contributed by atoms with van der Waals surface area (Å²) >= 11 is 3.17. The van der Waals surface area contributed by atoms with Crippen LogP contribution in [0.3, 0.4) is 0 Å². The molecule has 0 radical (unpaired) electrons. The predicted octanol–water partition coefficient (Wildman–Crippen LogP) is 4.91. The van der Waals surface area contributed by atoms with Crippen LogP contribution >= 0.6 is 22.7 Å². The van der Waals surface area contributed by atoms with Gasteiger partial charge in [-0.15, -0.1) is 22.7 Å². The van der Waals surface area contributed by atoms with Crippen molar-refractivity contribution in [1.82, 2.24) is 9.97 Å². The Bertz CT molecular complexity index is 991. The Morgan fingerprint density at radius 3 is 2.65 bits per heavy atom. The molecule has 1 N–H and O–H groups in total. The number of benzene rings is 2. The van der Waals surface area contributed by atoms with Crippen molar-refractivity contribution in [2.75, 3.05) is 5.32 Å². The minimum absolute atomic E-state index is 0.0233. The molecule has 130 valence electrons. The summed E-state index contributed by atoms with van der Waals surface area (Å²) in [5.41, 5.74) is 2.24. The molecule has 0 aliphatic rings. The number of rotatable bonds is 6. The van der Waals surface area contributed by atoms with Crippen molar-refractivity contribution in [2.45, 2.75) is 19.3 Å². The van der Waals surface area contributed by atoms with Gasteiger partial charge >= 0.3 is 0 Å². The fourth-order valence-electron chi connectivity index (χ4n) is 2.67. The maximum Gasteiger partial charge on any atom is 0.226 e. The van der Waals surface area contributed by atoms with E-state index < -0.39 is 0 Å². The number of aromatic nitrogens is 2. The lowest BCUT2D eigenvalue weighted by Crippen LogP contribution is -2.11. The number of hydrogen-bond donors (Lipinski definition) is 1. The van der Waals surface area contributed by atoms with E-state index in [1.807, 2.05) is 42.6 Å². The van der Waals surface area contributed by atoms with E-state index in [4.69, 9.17) is 0 Å². The van der Waals surface area contributed by atoms with Crippen LogP contribution in [0.2, 0.25) is 0 Å². The standard InChI is InChI=1S/C20H17N3OS2/c24-18(10-11-19-22-16-8-4-5-9-17(16)26-19)23-20-21-13-15(25-20)12-14-6-2-1-3-7-14/h1-9,13H,10-12H2,(H,21,23,24). The SMILES string of the molecule is O=C(CCc1nc2ccccc2s1)Nc1ncc(Cc2ccccc2)s1. The van der Waals surface area contributed by atoms with Crippen molar-refractivity contribution in [3.05, 3.63) is 76.2 Å². The van der Waals surface area contributed by atoms with Gasteiger partial charge in [0.1, 0.15) is 0 Å². The van der Waals surface area contributed by atoms with Crippen molar-refractivity contribution < 1.29 is 4.79 Å². The van der Waals surface area contributed by atoms with Gasteiger partial charge in [0.05, 0.1) is 15.2 Å². The number of thiazole rings is 2.